The molecule has 4 rings (SSSR count). The summed E-state index contributed by atoms with van der Waals surface area (Å²) in [5.74, 6) is 0. The molecular formula is C24H21BN+. The van der Waals surface area contributed by atoms with Crippen LogP contribution in [0.3, 0.4) is 0 Å². The number of hydrogen-bond donors (Lipinski definition) is 0. The first-order valence-corrected chi connectivity index (χ1v) is 9.03. The first kappa shape index (κ1) is 16.3. The normalized spacial score (nSPS) is 10.5. The molecule has 0 aliphatic carbocycles. The molecule has 1 aromatic heterocycles. The molecule has 0 spiro atoms. The van der Waals surface area contributed by atoms with E-state index in [1.165, 1.54) is 27.6 Å². The number of benzene rings is 3. The molecule has 0 saturated carbocycles. The van der Waals surface area contributed by atoms with Crippen molar-refractivity contribution in [1.82, 2.24) is 0 Å². The van der Waals surface area contributed by atoms with Crippen LogP contribution in [0.5, 0.6) is 0 Å². The summed E-state index contributed by atoms with van der Waals surface area (Å²) in [4.78, 5) is 0. The molecule has 0 bridgehead atoms. The lowest BCUT2D eigenvalue weighted by atomic mass is 9.64. The largest absolute Gasteiger partial charge is 0.201 e. The topological polar surface area (TPSA) is 3.88 Å². The summed E-state index contributed by atoms with van der Waals surface area (Å²) in [5.41, 5.74) is 6.54. The fourth-order valence-corrected chi connectivity index (χ4v) is 3.27. The van der Waals surface area contributed by atoms with Crippen LogP contribution in [0.15, 0.2) is 109 Å². The molecule has 0 radical (unpaired) electrons. The molecule has 2 heteroatoms. The molecule has 0 fully saturated rings. The summed E-state index contributed by atoms with van der Waals surface area (Å²) in [5, 5.41) is 0. The van der Waals surface area contributed by atoms with Gasteiger partial charge in [-0.15, -0.1) is 0 Å². The minimum Gasteiger partial charge on any atom is -0.201 e. The molecule has 3 aromatic carbocycles. The van der Waals surface area contributed by atoms with Gasteiger partial charge in [0, 0.05) is 17.7 Å². The fraction of sp³-hybridized carbons (Fsp3) is 0.0417. The number of nitrogens with zero attached hydrogens (tertiary/aromatic N) is 1. The Kier molecular flexibility index (Phi) is 4.93. The van der Waals surface area contributed by atoms with Gasteiger partial charge >= 0.3 is 0 Å². The Morgan fingerprint density at radius 2 is 1.19 bits per heavy atom. The third kappa shape index (κ3) is 4.09. The van der Waals surface area contributed by atoms with Gasteiger partial charge in [-0.05, 0) is 11.1 Å². The van der Waals surface area contributed by atoms with E-state index in [-0.39, 0.29) is 0 Å². The molecule has 1 heterocycles. The van der Waals surface area contributed by atoms with Crippen LogP contribution < -0.4 is 15.5 Å². The van der Waals surface area contributed by atoms with Gasteiger partial charge in [0.15, 0.2) is 26.2 Å². The summed E-state index contributed by atoms with van der Waals surface area (Å²) in [7, 11) is 0.978. The van der Waals surface area contributed by atoms with Gasteiger partial charge in [0.25, 0.3) is 0 Å². The Balaban J connectivity index is 1.48. The van der Waals surface area contributed by atoms with Crippen LogP contribution in [-0.4, -0.2) is 7.28 Å². The smallest absolute Gasteiger partial charge is 0.192 e. The maximum Gasteiger partial charge on any atom is 0.192 e. The van der Waals surface area contributed by atoms with Crippen molar-refractivity contribution in [2.24, 2.45) is 0 Å². The predicted molar refractivity (Wildman–Crippen MR) is 110 cm³/mol. The molecule has 0 atom stereocenters. The molecule has 124 valence electrons. The molecule has 0 saturated heterocycles. The van der Waals surface area contributed by atoms with Crippen molar-refractivity contribution in [2.45, 2.75) is 6.54 Å². The Hall–Kier alpha value is -3.13. The fourth-order valence-electron chi connectivity index (χ4n) is 3.27. The quantitative estimate of drug-likeness (QED) is 0.390. The maximum absolute atomic E-state index is 2.31. The highest BCUT2D eigenvalue weighted by Gasteiger charge is 2.06. The van der Waals surface area contributed by atoms with Crippen molar-refractivity contribution in [2.75, 3.05) is 0 Å². The van der Waals surface area contributed by atoms with Crippen molar-refractivity contribution in [3.05, 3.63) is 115 Å². The van der Waals surface area contributed by atoms with Crippen LogP contribution in [0.1, 0.15) is 5.56 Å². The Morgan fingerprint density at radius 3 is 1.92 bits per heavy atom. The maximum atomic E-state index is 2.31. The summed E-state index contributed by atoms with van der Waals surface area (Å²) < 4.78 is 2.23. The third-order valence-corrected chi connectivity index (χ3v) is 4.61. The lowest BCUT2D eigenvalue weighted by molar-refractivity contribution is -0.688. The average molecular weight is 334 g/mol. The molecule has 1 nitrogen and oxygen atoms in total. The van der Waals surface area contributed by atoms with Crippen LogP contribution in [0.2, 0.25) is 0 Å². The second kappa shape index (κ2) is 7.84. The van der Waals surface area contributed by atoms with E-state index < -0.39 is 0 Å². The van der Waals surface area contributed by atoms with E-state index in [9.17, 15) is 0 Å². The summed E-state index contributed by atoms with van der Waals surface area (Å²) in [6.45, 7) is 0.887. The average Bonchev–Trinajstić information content (AvgIpc) is 2.70. The van der Waals surface area contributed by atoms with Crippen LogP contribution >= 0.6 is 0 Å². The zero-order chi connectivity index (χ0) is 17.6. The van der Waals surface area contributed by atoms with Crippen molar-refractivity contribution in [1.29, 1.82) is 0 Å². The number of rotatable bonds is 5. The van der Waals surface area contributed by atoms with E-state index in [1.54, 1.807) is 0 Å². The van der Waals surface area contributed by atoms with E-state index in [0.29, 0.717) is 0 Å². The van der Waals surface area contributed by atoms with Gasteiger partial charge in [-0.1, -0.05) is 95.9 Å². The minimum absolute atomic E-state index is 0.887. The molecule has 4 aromatic rings. The van der Waals surface area contributed by atoms with Crippen LogP contribution in [0.25, 0.3) is 11.1 Å². The summed E-state index contributed by atoms with van der Waals surface area (Å²) in [6.07, 6.45) is 4.32. The molecule has 0 unspecified atom stereocenters. The lowest BCUT2D eigenvalue weighted by Crippen LogP contribution is -2.34. The van der Waals surface area contributed by atoms with Crippen LogP contribution in [-0.2, 0) is 6.54 Å². The van der Waals surface area contributed by atoms with E-state index in [0.717, 1.165) is 13.8 Å². The summed E-state index contributed by atoms with van der Waals surface area (Å²) >= 11 is 0. The minimum atomic E-state index is 0.887. The molecule has 0 amide bonds. The lowest BCUT2D eigenvalue weighted by Gasteiger charge is -2.04. The molecule has 0 aliphatic rings. The van der Waals surface area contributed by atoms with Gasteiger partial charge in [0.05, 0.1) is 0 Å². The zero-order valence-corrected chi connectivity index (χ0v) is 14.8. The van der Waals surface area contributed by atoms with E-state index in [1.807, 2.05) is 0 Å². The van der Waals surface area contributed by atoms with Gasteiger partial charge < -0.3 is 0 Å². The van der Waals surface area contributed by atoms with E-state index >= 15 is 0 Å². The SMILES string of the molecule is B(c1ccccc1)c1cccc(C[n+]2ccc(-c3ccccc3)cc2)c1. The van der Waals surface area contributed by atoms with E-state index in [4.69, 9.17) is 0 Å². The van der Waals surface area contributed by atoms with Gasteiger partial charge in [0.2, 0.25) is 0 Å². The number of hydrogen-bond acceptors (Lipinski definition) is 0. The Labute approximate surface area is 155 Å². The molecule has 0 N–H and O–H groups in total. The van der Waals surface area contributed by atoms with Crippen molar-refractivity contribution < 1.29 is 4.57 Å². The van der Waals surface area contributed by atoms with Gasteiger partial charge in [-0.3, -0.25) is 0 Å². The monoisotopic (exact) mass is 334 g/mol. The first-order chi connectivity index (χ1) is 12.9. The van der Waals surface area contributed by atoms with Gasteiger partial charge in [0.1, 0.15) is 0 Å². The zero-order valence-electron chi connectivity index (χ0n) is 14.8. The third-order valence-electron chi connectivity index (χ3n) is 4.61. The first-order valence-electron chi connectivity index (χ1n) is 9.03. The van der Waals surface area contributed by atoms with Gasteiger partial charge in [-0.25, -0.2) is 4.57 Å². The van der Waals surface area contributed by atoms with E-state index in [2.05, 4.69) is 114 Å². The highest BCUT2D eigenvalue weighted by atomic mass is 14.9. The summed E-state index contributed by atoms with van der Waals surface area (Å²) in [6, 6.07) is 34.4. The standard InChI is InChI=1S/C24H21BN/c1-3-9-21(10-4-1)22-14-16-26(17-15-22)19-20-8-7-13-24(18-20)25-23-11-5-2-6-12-23/h1-18,25H,19H2/q+1. The predicted octanol–water partition coefficient (Wildman–Crippen LogP) is 3.08. The molecular weight excluding hydrogens is 313 g/mol. The van der Waals surface area contributed by atoms with Crippen molar-refractivity contribution in [3.63, 3.8) is 0 Å². The number of pyridine rings is 1. The molecule has 26 heavy (non-hydrogen) atoms. The Bertz CT molecular complexity index is 964. The molecule has 0 aliphatic heterocycles. The second-order valence-electron chi connectivity index (χ2n) is 6.61. The number of aromatic nitrogens is 1. The second-order valence-corrected chi connectivity index (χ2v) is 6.61. The highest BCUT2D eigenvalue weighted by molar-refractivity contribution is 6.67. The van der Waals surface area contributed by atoms with Gasteiger partial charge in [-0.2, -0.15) is 0 Å². The highest BCUT2D eigenvalue weighted by Crippen LogP contribution is 2.16. The van der Waals surface area contributed by atoms with Crippen molar-refractivity contribution >= 4 is 18.2 Å². The van der Waals surface area contributed by atoms with Crippen LogP contribution in [0, 0.1) is 0 Å². The Morgan fingerprint density at radius 1 is 0.577 bits per heavy atom. The van der Waals surface area contributed by atoms with Crippen LogP contribution in [0.4, 0.5) is 0 Å². The van der Waals surface area contributed by atoms with Crippen molar-refractivity contribution in [3.8, 4) is 11.1 Å².